The Labute approximate surface area is 158 Å². The van der Waals surface area contributed by atoms with Crippen molar-refractivity contribution >= 4 is 17.4 Å². The van der Waals surface area contributed by atoms with Crippen molar-refractivity contribution in [2.24, 2.45) is 0 Å². The minimum Gasteiger partial charge on any atom is -0.383 e. The minimum absolute atomic E-state index is 0.0840. The molecule has 3 aromatic heterocycles. The van der Waals surface area contributed by atoms with Gasteiger partial charge in [-0.3, -0.25) is 0 Å². The summed E-state index contributed by atoms with van der Waals surface area (Å²) in [7, 11) is 0. The van der Waals surface area contributed by atoms with Gasteiger partial charge in [0.1, 0.15) is 18.0 Å². The molecule has 0 radical (unpaired) electrons. The highest BCUT2D eigenvalue weighted by molar-refractivity contribution is 5.53. The van der Waals surface area contributed by atoms with Crippen LogP contribution < -0.4 is 10.6 Å². The Balaban J connectivity index is 1.74. The SMILES string of the molecule is Cc1nc2ncnn2c(N)c1Cc1ccc(C(F)(F)F)c(N2CCOCC2)n1. The predicted molar refractivity (Wildman–Crippen MR) is 95.0 cm³/mol. The van der Waals surface area contributed by atoms with E-state index >= 15 is 0 Å². The molecule has 0 aliphatic carbocycles. The van der Waals surface area contributed by atoms with Gasteiger partial charge in [0.05, 0.1) is 18.8 Å². The largest absolute Gasteiger partial charge is 0.419 e. The number of hydrogen-bond donors (Lipinski definition) is 1. The summed E-state index contributed by atoms with van der Waals surface area (Å²) in [6.07, 6.45) is -2.92. The average molecular weight is 393 g/mol. The number of ether oxygens (including phenoxy) is 1. The van der Waals surface area contributed by atoms with Crippen LogP contribution >= 0.6 is 0 Å². The van der Waals surface area contributed by atoms with Gasteiger partial charge in [0, 0.05) is 36.5 Å². The summed E-state index contributed by atoms with van der Waals surface area (Å²) in [6, 6.07) is 2.44. The van der Waals surface area contributed by atoms with Crippen molar-refractivity contribution in [3.8, 4) is 0 Å². The summed E-state index contributed by atoms with van der Waals surface area (Å²) in [5.74, 6) is 0.627. The number of halogens is 3. The first-order chi connectivity index (χ1) is 13.3. The first-order valence-electron chi connectivity index (χ1n) is 8.69. The molecule has 8 nitrogen and oxygen atoms in total. The van der Waals surface area contributed by atoms with E-state index in [9.17, 15) is 13.2 Å². The fourth-order valence-corrected chi connectivity index (χ4v) is 3.24. The zero-order valence-corrected chi connectivity index (χ0v) is 15.1. The molecule has 4 heterocycles. The number of aromatic nitrogens is 5. The summed E-state index contributed by atoms with van der Waals surface area (Å²) in [5.41, 5.74) is 7.17. The van der Waals surface area contributed by atoms with Crippen molar-refractivity contribution in [3.05, 3.63) is 41.0 Å². The summed E-state index contributed by atoms with van der Waals surface area (Å²) < 4.78 is 47.1. The molecular weight excluding hydrogens is 375 g/mol. The van der Waals surface area contributed by atoms with Crippen molar-refractivity contribution in [3.63, 3.8) is 0 Å². The van der Waals surface area contributed by atoms with Crippen LogP contribution in [0.1, 0.15) is 22.5 Å². The van der Waals surface area contributed by atoms with Crippen LogP contribution in [0.2, 0.25) is 0 Å². The van der Waals surface area contributed by atoms with E-state index < -0.39 is 11.7 Å². The molecule has 1 aliphatic heterocycles. The molecule has 3 aromatic rings. The number of nitrogens with two attached hydrogens (primary N) is 1. The zero-order chi connectivity index (χ0) is 19.9. The molecule has 0 aromatic carbocycles. The summed E-state index contributed by atoms with van der Waals surface area (Å²) in [4.78, 5) is 14.3. The smallest absolute Gasteiger partial charge is 0.383 e. The van der Waals surface area contributed by atoms with Gasteiger partial charge in [-0.15, -0.1) is 0 Å². The number of aryl methyl sites for hydroxylation is 1. The molecule has 1 fully saturated rings. The lowest BCUT2D eigenvalue weighted by Crippen LogP contribution is -2.38. The van der Waals surface area contributed by atoms with E-state index in [1.807, 2.05) is 0 Å². The maximum Gasteiger partial charge on any atom is 0.419 e. The van der Waals surface area contributed by atoms with E-state index in [0.29, 0.717) is 54.9 Å². The Hall–Kier alpha value is -2.95. The van der Waals surface area contributed by atoms with Crippen molar-refractivity contribution < 1.29 is 17.9 Å². The zero-order valence-electron chi connectivity index (χ0n) is 15.1. The first kappa shape index (κ1) is 18.4. The maximum atomic E-state index is 13.5. The molecule has 0 saturated carbocycles. The number of nitrogen functional groups attached to an aromatic ring is 1. The van der Waals surface area contributed by atoms with Gasteiger partial charge in [0.2, 0.25) is 0 Å². The number of pyridine rings is 1. The lowest BCUT2D eigenvalue weighted by molar-refractivity contribution is -0.137. The third-order valence-corrected chi connectivity index (χ3v) is 4.68. The average Bonchev–Trinajstić information content (AvgIpc) is 3.13. The molecule has 0 amide bonds. The topological polar surface area (TPSA) is 94.5 Å². The van der Waals surface area contributed by atoms with Crippen LogP contribution in [0.15, 0.2) is 18.5 Å². The second-order valence-electron chi connectivity index (χ2n) is 6.48. The minimum atomic E-state index is -4.49. The highest BCUT2D eigenvalue weighted by Crippen LogP contribution is 2.36. The third-order valence-electron chi connectivity index (χ3n) is 4.68. The van der Waals surface area contributed by atoms with Gasteiger partial charge in [-0.1, -0.05) is 0 Å². The molecule has 4 rings (SSSR count). The number of hydrogen-bond acceptors (Lipinski definition) is 7. The molecule has 11 heteroatoms. The first-order valence-corrected chi connectivity index (χ1v) is 8.69. The Kier molecular flexibility index (Phi) is 4.53. The molecule has 28 heavy (non-hydrogen) atoms. The molecule has 0 spiro atoms. The van der Waals surface area contributed by atoms with E-state index in [0.717, 1.165) is 6.07 Å². The van der Waals surface area contributed by atoms with E-state index in [1.54, 1.807) is 11.8 Å². The molecular formula is C17H18F3N7O. The van der Waals surface area contributed by atoms with E-state index in [4.69, 9.17) is 10.5 Å². The van der Waals surface area contributed by atoms with Crippen LogP contribution in [0.5, 0.6) is 0 Å². The second-order valence-corrected chi connectivity index (χ2v) is 6.48. The van der Waals surface area contributed by atoms with Crippen molar-refractivity contribution in [1.82, 2.24) is 24.6 Å². The number of nitrogens with zero attached hydrogens (tertiary/aromatic N) is 6. The molecule has 0 atom stereocenters. The van der Waals surface area contributed by atoms with E-state index in [-0.39, 0.29) is 12.2 Å². The fourth-order valence-electron chi connectivity index (χ4n) is 3.24. The number of morpholine rings is 1. The fraction of sp³-hybridized carbons (Fsp3) is 0.412. The Morgan fingerprint density at radius 3 is 2.64 bits per heavy atom. The Morgan fingerprint density at radius 1 is 1.18 bits per heavy atom. The molecule has 148 valence electrons. The Bertz CT molecular complexity index is 1010. The summed E-state index contributed by atoms with van der Waals surface area (Å²) >= 11 is 0. The number of fused-ring (bicyclic) bond motifs is 1. The lowest BCUT2D eigenvalue weighted by atomic mass is 10.1. The Morgan fingerprint density at radius 2 is 1.93 bits per heavy atom. The van der Waals surface area contributed by atoms with Gasteiger partial charge in [0.15, 0.2) is 0 Å². The van der Waals surface area contributed by atoms with Gasteiger partial charge >= 0.3 is 6.18 Å². The maximum absolute atomic E-state index is 13.5. The molecule has 1 saturated heterocycles. The van der Waals surface area contributed by atoms with Crippen molar-refractivity contribution in [2.45, 2.75) is 19.5 Å². The van der Waals surface area contributed by atoms with Crippen LogP contribution in [0.3, 0.4) is 0 Å². The number of rotatable bonds is 3. The van der Waals surface area contributed by atoms with Crippen LogP contribution in [0.25, 0.3) is 5.78 Å². The van der Waals surface area contributed by atoms with Gasteiger partial charge in [0.25, 0.3) is 5.78 Å². The van der Waals surface area contributed by atoms with E-state index in [2.05, 4.69) is 20.1 Å². The molecule has 0 unspecified atom stereocenters. The normalized spacial score (nSPS) is 15.4. The van der Waals surface area contributed by atoms with Crippen LogP contribution in [0, 0.1) is 6.92 Å². The van der Waals surface area contributed by atoms with Gasteiger partial charge < -0.3 is 15.4 Å². The van der Waals surface area contributed by atoms with Gasteiger partial charge in [-0.25, -0.2) is 9.97 Å². The van der Waals surface area contributed by atoms with Crippen LogP contribution in [-0.2, 0) is 17.3 Å². The predicted octanol–water partition coefficient (Wildman–Crippen LogP) is 1.86. The van der Waals surface area contributed by atoms with Crippen LogP contribution in [0.4, 0.5) is 24.8 Å². The quantitative estimate of drug-likeness (QED) is 0.726. The van der Waals surface area contributed by atoms with Gasteiger partial charge in [-0.05, 0) is 19.1 Å². The standard InChI is InChI=1S/C17H18F3N7O/c1-10-12(14(21)27-16(24-10)22-9-23-27)8-11-2-3-13(17(18,19)20)15(25-11)26-4-6-28-7-5-26/h2-3,9H,4-8,21H2,1H3. The molecule has 1 aliphatic rings. The highest BCUT2D eigenvalue weighted by Gasteiger charge is 2.36. The highest BCUT2D eigenvalue weighted by atomic mass is 19.4. The third kappa shape index (κ3) is 3.33. The molecule has 0 bridgehead atoms. The second kappa shape index (κ2) is 6.89. The number of alkyl halides is 3. The monoisotopic (exact) mass is 393 g/mol. The van der Waals surface area contributed by atoms with Gasteiger partial charge in [-0.2, -0.15) is 27.8 Å². The lowest BCUT2D eigenvalue weighted by Gasteiger charge is -2.30. The van der Waals surface area contributed by atoms with Crippen molar-refractivity contribution in [2.75, 3.05) is 36.9 Å². The summed E-state index contributed by atoms with van der Waals surface area (Å²) in [5, 5.41) is 4.03. The molecule has 2 N–H and O–H groups in total. The number of anilines is 2. The van der Waals surface area contributed by atoms with Crippen molar-refractivity contribution in [1.29, 1.82) is 0 Å². The van der Waals surface area contributed by atoms with E-state index in [1.165, 1.54) is 16.9 Å². The summed E-state index contributed by atoms with van der Waals surface area (Å²) in [6.45, 7) is 3.21. The van der Waals surface area contributed by atoms with Crippen LogP contribution in [-0.4, -0.2) is 50.9 Å².